The van der Waals surface area contributed by atoms with Gasteiger partial charge in [0.25, 0.3) is 5.91 Å². The van der Waals surface area contributed by atoms with Gasteiger partial charge in [0.15, 0.2) is 6.61 Å². The van der Waals surface area contributed by atoms with Crippen molar-refractivity contribution in [3.63, 3.8) is 0 Å². The number of esters is 1. The molecule has 1 aliphatic heterocycles. The monoisotopic (exact) mass is 464 g/mol. The van der Waals surface area contributed by atoms with Crippen molar-refractivity contribution in [2.75, 3.05) is 19.7 Å². The molecule has 1 saturated heterocycles. The lowest BCUT2D eigenvalue weighted by Crippen LogP contribution is -2.35. The first-order valence-electron chi connectivity index (χ1n) is 10.1. The lowest BCUT2D eigenvalue weighted by molar-refractivity contribution is -0.124. The minimum Gasteiger partial charge on any atom is -0.452 e. The van der Waals surface area contributed by atoms with Gasteiger partial charge in [-0.15, -0.1) is 0 Å². The van der Waals surface area contributed by atoms with E-state index in [1.807, 2.05) is 31.2 Å². The first-order valence-corrected chi connectivity index (χ1v) is 11.9. The molecule has 0 saturated carbocycles. The number of carbonyl (C=O) groups excluding carboxylic acids is 2. The number of benzene rings is 2. The molecular weight excluding hydrogens is 440 g/mol. The maximum absolute atomic E-state index is 12.9. The number of halogens is 1. The van der Waals surface area contributed by atoms with Crippen LogP contribution >= 0.6 is 11.6 Å². The van der Waals surface area contributed by atoms with Crippen LogP contribution in [0.4, 0.5) is 0 Å². The second-order valence-electron chi connectivity index (χ2n) is 7.39. The number of aryl methyl sites for hydroxylation is 1. The van der Waals surface area contributed by atoms with Crippen LogP contribution in [-0.2, 0) is 26.1 Å². The van der Waals surface area contributed by atoms with Gasteiger partial charge in [-0.3, -0.25) is 4.79 Å². The molecule has 166 valence electrons. The Bertz CT molecular complexity index is 1070. The van der Waals surface area contributed by atoms with Crippen molar-refractivity contribution in [1.29, 1.82) is 0 Å². The van der Waals surface area contributed by atoms with E-state index < -0.39 is 28.5 Å². The molecule has 0 bridgehead atoms. The predicted octanol–water partition coefficient (Wildman–Crippen LogP) is 3.30. The Morgan fingerprint density at radius 2 is 1.81 bits per heavy atom. The first-order chi connectivity index (χ1) is 14.8. The van der Waals surface area contributed by atoms with Crippen molar-refractivity contribution in [3.05, 3.63) is 64.2 Å². The minimum atomic E-state index is -3.81. The third-order valence-corrected chi connectivity index (χ3v) is 7.55. The molecule has 1 aliphatic rings. The zero-order chi connectivity index (χ0) is 22.4. The van der Waals surface area contributed by atoms with E-state index >= 15 is 0 Å². The normalized spacial score (nSPS) is 14.8. The van der Waals surface area contributed by atoms with Crippen LogP contribution in [0.1, 0.15) is 40.7 Å². The summed E-state index contributed by atoms with van der Waals surface area (Å²) in [6, 6.07) is 11.6. The van der Waals surface area contributed by atoms with Crippen LogP contribution < -0.4 is 5.32 Å². The molecule has 9 heteroatoms. The smallest absolute Gasteiger partial charge is 0.338 e. The summed E-state index contributed by atoms with van der Waals surface area (Å²) in [5.41, 5.74) is 2.03. The second kappa shape index (κ2) is 10.3. The van der Waals surface area contributed by atoms with Crippen LogP contribution in [0, 0.1) is 6.92 Å². The number of hydrogen-bond acceptors (Lipinski definition) is 5. The molecule has 0 atom stereocenters. The summed E-state index contributed by atoms with van der Waals surface area (Å²) in [5, 5.41) is 2.73. The van der Waals surface area contributed by atoms with E-state index in [4.69, 9.17) is 16.3 Å². The minimum absolute atomic E-state index is 0.0201. The zero-order valence-corrected chi connectivity index (χ0v) is 18.8. The summed E-state index contributed by atoms with van der Waals surface area (Å²) in [5.74, 6) is -1.25. The van der Waals surface area contributed by atoms with E-state index in [0.717, 1.165) is 30.4 Å². The van der Waals surface area contributed by atoms with Gasteiger partial charge in [0, 0.05) is 19.6 Å². The Morgan fingerprint density at radius 3 is 2.52 bits per heavy atom. The quantitative estimate of drug-likeness (QED) is 0.634. The van der Waals surface area contributed by atoms with E-state index in [1.54, 1.807) is 0 Å². The summed E-state index contributed by atoms with van der Waals surface area (Å²) in [6.45, 7) is 2.64. The topological polar surface area (TPSA) is 92.8 Å². The number of ether oxygens (including phenoxy) is 1. The van der Waals surface area contributed by atoms with Crippen molar-refractivity contribution in [1.82, 2.24) is 9.62 Å². The molecule has 2 aromatic rings. The van der Waals surface area contributed by atoms with Gasteiger partial charge in [0.05, 0.1) is 10.6 Å². The van der Waals surface area contributed by atoms with Crippen molar-refractivity contribution >= 4 is 33.5 Å². The standard InChI is InChI=1S/C22H25ClN2O5S/c1-16-7-3-4-8-18(16)14-24-21(26)15-30-22(27)17-9-10-19(23)20(13-17)31(28,29)25-11-5-2-6-12-25/h3-4,7-10,13H,2,5-6,11-12,14-15H2,1H3,(H,24,26). The summed E-state index contributed by atoms with van der Waals surface area (Å²) in [6.07, 6.45) is 2.56. The molecule has 31 heavy (non-hydrogen) atoms. The van der Waals surface area contributed by atoms with Crippen molar-refractivity contribution in [2.45, 2.75) is 37.6 Å². The van der Waals surface area contributed by atoms with E-state index in [2.05, 4.69) is 5.32 Å². The van der Waals surface area contributed by atoms with Gasteiger partial charge in [-0.25, -0.2) is 13.2 Å². The summed E-state index contributed by atoms with van der Waals surface area (Å²) in [4.78, 5) is 24.3. The lowest BCUT2D eigenvalue weighted by atomic mass is 10.1. The number of hydrogen-bond donors (Lipinski definition) is 1. The van der Waals surface area contributed by atoms with E-state index in [1.165, 1.54) is 22.5 Å². The van der Waals surface area contributed by atoms with Crippen LogP contribution in [0.2, 0.25) is 5.02 Å². The third kappa shape index (κ3) is 5.84. The molecule has 0 aliphatic carbocycles. The van der Waals surface area contributed by atoms with Gasteiger partial charge in [0.2, 0.25) is 10.0 Å². The number of rotatable bonds is 7. The van der Waals surface area contributed by atoms with Crippen LogP contribution in [0.25, 0.3) is 0 Å². The van der Waals surface area contributed by atoms with Crippen LogP contribution in [-0.4, -0.2) is 44.3 Å². The highest BCUT2D eigenvalue weighted by molar-refractivity contribution is 7.89. The first kappa shape index (κ1) is 23.2. The van der Waals surface area contributed by atoms with Crippen molar-refractivity contribution in [2.24, 2.45) is 0 Å². The molecule has 1 fully saturated rings. The molecule has 1 heterocycles. The van der Waals surface area contributed by atoms with Crippen LogP contribution in [0.15, 0.2) is 47.4 Å². The zero-order valence-electron chi connectivity index (χ0n) is 17.3. The SMILES string of the molecule is Cc1ccccc1CNC(=O)COC(=O)c1ccc(Cl)c(S(=O)(=O)N2CCCCC2)c1. The van der Waals surface area contributed by atoms with Crippen LogP contribution in [0.3, 0.4) is 0 Å². The van der Waals surface area contributed by atoms with Gasteiger partial charge < -0.3 is 10.1 Å². The highest BCUT2D eigenvalue weighted by Gasteiger charge is 2.29. The van der Waals surface area contributed by atoms with E-state index in [-0.39, 0.29) is 15.5 Å². The fourth-order valence-electron chi connectivity index (χ4n) is 3.34. The number of carbonyl (C=O) groups is 2. The van der Waals surface area contributed by atoms with Gasteiger partial charge >= 0.3 is 5.97 Å². The van der Waals surface area contributed by atoms with Gasteiger partial charge in [-0.1, -0.05) is 42.3 Å². The van der Waals surface area contributed by atoms with Gasteiger partial charge in [-0.2, -0.15) is 4.31 Å². The number of piperidine rings is 1. The average Bonchev–Trinajstić information content (AvgIpc) is 2.77. The molecule has 1 amide bonds. The fraction of sp³-hybridized carbons (Fsp3) is 0.364. The number of sulfonamides is 1. The Hall–Kier alpha value is -2.42. The highest BCUT2D eigenvalue weighted by atomic mass is 35.5. The fourth-order valence-corrected chi connectivity index (χ4v) is 5.36. The average molecular weight is 465 g/mol. The van der Waals surface area contributed by atoms with E-state index in [0.29, 0.717) is 19.6 Å². The summed E-state index contributed by atoms with van der Waals surface area (Å²) < 4.78 is 32.3. The molecule has 0 aromatic heterocycles. The Morgan fingerprint density at radius 1 is 1.10 bits per heavy atom. The second-order valence-corrected chi connectivity index (χ2v) is 9.70. The predicted molar refractivity (Wildman–Crippen MR) is 117 cm³/mol. The van der Waals surface area contributed by atoms with Crippen molar-refractivity contribution in [3.8, 4) is 0 Å². The van der Waals surface area contributed by atoms with Gasteiger partial charge in [0.1, 0.15) is 4.90 Å². The maximum Gasteiger partial charge on any atom is 0.338 e. The third-order valence-electron chi connectivity index (χ3n) is 5.17. The number of amides is 1. The maximum atomic E-state index is 12.9. The summed E-state index contributed by atoms with van der Waals surface area (Å²) >= 11 is 6.12. The summed E-state index contributed by atoms with van der Waals surface area (Å²) in [7, 11) is -3.81. The Kier molecular flexibility index (Phi) is 7.69. The largest absolute Gasteiger partial charge is 0.452 e. The van der Waals surface area contributed by atoms with E-state index in [9.17, 15) is 18.0 Å². The molecule has 0 unspecified atom stereocenters. The molecule has 1 N–H and O–H groups in total. The molecule has 3 rings (SSSR count). The molecule has 0 spiro atoms. The molecule has 0 radical (unpaired) electrons. The van der Waals surface area contributed by atoms with Gasteiger partial charge in [-0.05, 0) is 49.1 Å². The van der Waals surface area contributed by atoms with Crippen LogP contribution in [0.5, 0.6) is 0 Å². The molecule has 2 aromatic carbocycles. The Balaban J connectivity index is 1.62. The highest BCUT2D eigenvalue weighted by Crippen LogP contribution is 2.28. The van der Waals surface area contributed by atoms with Crippen molar-refractivity contribution < 1.29 is 22.7 Å². The number of nitrogens with one attached hydrogen (secondary N) is 1. The molecule has 7 nitrogen and oxygen atoms in total. The molecular formula is C22H25ClN2O5S. The lowest BCUT2D eigenvalue weighted by Gasteiger charge is -2.26. The Labute approximate surface area is 187 Å². The number of nitrogens with zero attached hydrogens (tertiary/aromatic N) is 1.